The Bertz CT molecular complexity index is 480. The molecule has 78 valence electrons. The van der Waals surface area contributed by atoms with E-state index in [1.165, 1.54) is 36.7 Å². The molecular formula is C13H16N2. The van der Waals surface area contributed by atoms with Crippen LogP contribution in [0.1, 0.15) is 19.3 Å². The van der Waals surface area contributed by atoms with Gasteiger partial charge in [0.1, 0.15) is 0 Å². The zero-order chi connectivity index (χ0) is 10.3. The van der Waals surface area contributed by atoms with Crippen molar-refractivity contribution in [2.24, 2.45) is 5.92 Å². The summed E-state index contributed by atoms with van der Waals surface area (Å²) in [6.07, 6.45) is 6.39. The Morgan fingerprint density at radius 2 is 2.13 bits per heavy atom. The highest BCUT2D eigenvalue weighted by Crippen LogP contribution is 2.29. The molecule has 2 nitrogen and oxygen atoms in total. The summed E-state index contributed by atoms with van der Waals surface area (Å²) in [5.41, 5.74) is 7.93. The first-order valence-electron chi connectivity index (χ1n) is 5.67. The topological polar surface area (TPSA) is 30.9 Å². The fraction of sp³-hybridized carbons (Fsp3) is 0.385. The standard InChI is InChI=1S/C13H16N2/c14-12-4-5-13-11(8-12)6-7-15(13)9-10-2-1-3-10/h4-8,10H,1-3,9,14H2. The molecule has 0 amide bonds. The predicted octanol–water partition coefficient (Wildman–Crippen LogP) is 3.02. The minimum absolute atomic E-state index is 0.851. The van der Waals surface area contributed by atoms with E-state index < -0.39 is 0 Å². The van der Waals surface area contributed by atoms with Crippen molar-refractivity contribution in [2.75, 3.05) is 5.73 Å². The Hall–Kier alpha value is -1.44. The molecule has 0 aliphatic heterocycles. The van der Waals surface area contributed by atoms with E-state index in [2.05, 4.69) is 22.9 Å². The second-order valence-electron chi connectivity index (χ2n) is 4.58. The van der Waals surface area contributed by atoms with Crippen molar-refractivity contribution in [3.05, 3.63) is 30.5 Å². The fourth-order valence-corrected chi connectivity index (χ4v) is 2.33. The molecule has 0 atom stereocenters. The van der Waals surface area contributed by atoms with Crippen molar-refractivity contribution in [3.8, 4) is 0 Å². The summed E-state index contributed by atoms with van der Waals surface area (Å²) in [5, 5.41) is 1.26. The summed E-state index contributed by atoms with van der Waals surface area (Å²) >= 11 is 0. The number of nitrogens with zero attached hydrogens (tertiary/aromatic N) is 1. The SMILES string of the molecule is Nc1ccc2c(ccn2CC2CCC2)c1. The largest absolute Gasteiger partial charge is 0.399 e. The van der Waals surface area contributed by atoms with Gasteiger partial charge in [0.25, 0.3) is 0 Å². The Kier molecular flexibility index (Phi) is 1.94. The maximum Gasteiger partial charge on any atom is 0.0481 e. The van der Waals surface area contributed by atoms with Gasteiger partial charge in [-0.2, -0.15) is 0 Å². The lowest BCUT2D eigenvalue weighted by Crippen LogP contribution is -2.17. The molecule has 1 heterocycles. The van der Waals surface area contributed by atoms with E-state index in [0.717, 1.165) is 11.6 Å². The number of fused-ring (bicyclic) bond motifs is 1. The van der Waals surface area contributed by atoms with Gasteiger partial charge in [-0.3, -0.25) is 0 Å². The van der Waals surface area contributed by atoms with Crippen LogP contribution in [0.15, 0.2) is 30.5 Å². The third-order valence-electron chi connectivity index (χ3n) is 3.47. The van der Waals surface area contributed by atoms with Gasteiger partial charge in [-0.05, 0) is 43.0 Å². The smallest absolute Gasteiger partial charge is 0.0481 e. The minimum atomic E-state index is 0.851. The van der Waals surface area contributed by atoms with Gasteiger partial charge in [0.15, 0.2) is 0 Å². The number of hydrogen-bond acceptors (Lipinski definition) is 1. The van der Waals surface area contributed by atoms with Gasteiger partial charge in [-0.25, -0.2) is 0 Å². The van der Waals surface area contributed by atoms with Crippen LogP contribution in [0.3, 0.4) is 0 Å². The molecule has 0 bridgehead atoms. The van der Waals surface area contributed by atoms with Crippen LogP contribution in [0, 0.1) is 5.92 Å². The average molecular weight is 200 g/mol. The zero-order valence-corrected chi connectivity index (χ0v) is 8.82. The number of aromatic nitrogens is 1. The van der Waals surface area contributed by atoms with Gasteiger partial charge in [0.2, 0.25) is 0 Å². The van der Waals surface area contributed by atoms with E-state index in [-0.39, 0.29) is 0 Å². The first-order chi connectivity index (χ1) is 7.33. The molecule has 0 radical (unpaired) electrons. The highest BCUT2D eigenvalue weighted by molar-refractivity contribution is 5.83. The summed E-state index contributed by atoms with van der Waals surface area (Å²) in [6.45, 7) is 1.17. The molecule has 1 saturated carbocycles. The van der Waals surface area contributed by atoms with Crippen LogP contribution in [-0.2, 0) is 6.54 Å². The maximum absolute atomic E-state index is 5.76. The Balaban J connectivity index is 1.96. The first kappa shape index (κ1) is 8.84. The maximum atomic E-state index is 5.76. The van der Waals surface area contributed by atoms with E-state index in [0.29, 0.717) is 0 Å². The van der Waals surface area contributed by atoms with Crippen molar-refractivity contribution in [2.45, 2.75) is 25.8 Å². The molecule has 1 aromatic carbocycles. The van der Waals surface area contributed by atoms with Crippen molar-refractivity contribution in [1.82, 2.24) is 4.57 Å². The van der Waals surface area contributed by atoms with Gasteiger partial charge in [0.05, 0.1) is 0 Å². The van der Waals surface area contributed by atoms with Crippen molar-refractivity contribution < 1.29 is 0 Å². The number of rotatable bonds is 2. The monoisotopic (exact) mass is 200 g/mol. The van der Waals surface area contributed by atoms with Gasteiger partial charge < -0.3 is 10.3 Å². The van der Waals surface area contributed by atoms with Crippen LogP contribution in [0.2, 0.25) is 0 Å². The Morgan fingerprint density at radius 1 is 1.27 bits per heavy atom. The highest BCUT2D eigenvalue weighted by Gasteiger charge is 2.18. The molecule has 0 spiro atoms. The molecule has 1 aromatic heterocycles. The molecule has 1 fully saturated rings. The summed E-state index contributed by atoms with van der Waals surface area (Å²) in [7, 11) is 0. The Morgan fingerprint density at radius 3 is 2.87 bits per heavy atom. The molecule has 1 aliphatic rings. The van der Waals surface area contributed by atoms with E-state index in [1.807, 2.05) is 12.1 Å². The number of anilines is 1. The molecule has 0 unspecified atom stereocenters. The van der Waals surface area contributed by atoms with Crippen LogP contribution in [0.25, 0.3) is 10.9 Å². The highest BCUT2D eigenvalue weighted by atomic mass is 15.0. The van der Waals surface area contributed by atoms with Crippen LogP contribution >= 0.6 is 0 Å². The number of hydrogen-bond donors (Lipinski definition) is 1. The van der Waals surface area contributed by atoms with Crippen molar-refractivity contribution >= 4 is 16.6 Å². The summed E-state index contributed by atoms with van der Waals surface area (Å²) in [5.74, 6) is 0.901. The van der Waals surface area contributed by atoms with Crippen molar-refractivity contribution in [1.29, 1.82) is 0 Å². The number of benzene rings is 1. The lowest BCUT2D eigenvalue weighted by Gasteiger charge is -2.26. The molecule has 1 aliphatic carbocycles. The van der Waals surface area contributed by atoms with E-state index in [9.17, 15) is 0 Å². The van der Waals surface area contributed by atoms with Crippen LogP contribution in [0.5, 0.6) is 0 Å². The van der Waals surface area contributed by atoms with E-state index in [4.69, 9.17) is 5.73 Å². The molecule has 3 rings (SSSR count). The number of nitrogens with two attached hydrogens (primary N) is 1. The molecule has 15 heavy (non-hydrogen) atoms. The summed E-state index contributed by atoms with van der Waals surface area (Å²) < 4.78 is 2.36. The molecule has 2 N–H and O–H groups in total. The van der Waals surface area contributed by atoms with Gasteiger partial charge >= 0.3 is 0 Å². The van der Waals surface area contributed by atoms with Crippen LogP contribution < -0.4 is 5.73 Å². The third kappa shape index (κ3) is 1.50. The first-order valence-corrected chi connectivity index (χ1v) is 5.67. The third-order valence-corrected chi connectivity index (χ3v) is 3.47. The normalized spacial score (nSPS) is 16.8. The quantitative estimate of drug-likeness (QED) is 0.742. The van der Waals surface area contributed by atoms with Crippen LogP contribution in [-0.4, -0.2) is 4.57 Å². The van der Waals surface area contributed by atoms with E-state index >= 15 is 0 Å². The second kappa shape index (κ2) is 3.30. The average Bonchev–Trinajstić information content (AvgIpc) is 2.54. The van der Waals surface area contributed by atoms with E-state index in [1.54, 1.807) is 0 Å². The molecule has 0 saturated heterocycles. The lowest BCUT2D eigenvalue weighted by molar-refractivity contribution is 0.280. The lowest BCUT2D eigenvalue weighted by atomic mass is 9.85. The predicted molar refractivity (Wildman–Crippen MR) is 63.7 cm³/mol. The Labute approximate surface area is 89.7 Å². The van der Waals surface area contributed by atoms with Crippen LogP contribution in [0.4, 0.5) is 5.69 Å². The molecular weight excluding hydrogens is 184 g/mol. The fourth-order valence-electron chi connectivity index (χ4n) is 2.33. The zero-order valence-electron chi connectivity index (χ0n) is 8.82. The molecule has 2 aromatic rings. The van der Waals surface area contributed by atoms with Gasteiger partial charge in [0, 0.05) is 29.3 Å². The van der Waals surface area contributed by atoms with Gasteiger partial charge in [-0.15, -0.1) is 0 Å². The number of nitrogen functional groups attached to an aromatic ring is 1. The van der Waals surface area contributed by atoms with Crippen molar-refractivity contribution in [3.63, 3.8) is 0 Å². The summed E-state index contributed by atoms with van der Waals surface area (Å²) in [4.78, 5) is 0. The molecule has 2 heteroatoms. The summed E-state index contributed by atoms with van der Waals surface area (Å²) in [6, 6.07) is 8.32. The van der Waals surface area contributed by atoms with Gasteiger partial charge in [-0.1, -0.05) is 6.42 Å². The second-order valence-corrected chi connectivity index (χ2v) is 4.58. The minimum Gasteiger partial charge on any atom is -0.399 e.